The fourth-order valence-corrected chi connectivity index (χ4v) is 7.00. The van der Waals surface area contributed by atoms with Gasteiger partial charge in [0.25, 0.3) is 5.91 Å². The fourth-order valence-electron chi connectivity index (χ4n) is 5.62. The molecule has 1 amide bonds. The van der Waals surface area contributed by atoms with Crippen LogP contribution in [0.3, 0.4) is 0 Å². The van der Waals surface area contributed by atoms with Crippen LogP contribution in [-0.2, 0) is 9.53 Å². The van der Waals surface area contributed by atoms with Crippen LogP contribution in [0, 0.1) is 5.92 Å². The van der Waals surface area contributed by atoms with Crippen molar-refractivity contribution >= 4 is 29.5 Å². The first-order chi connectivity index (χ1) is 17.0. The number of aliphatic hydroxyl groups is 1. The molecular weight excluding hydrogens is 462 g/mol. The molecule has 1 aliphatic carbocycles. The van der Waals surface area contributed by atoms with Gasteiger partial charge in [0.1, 0.15) is 11.3 Å². The lowest BCUT2D eigenvalue weighted by atomic mass is 9.94. The quantitative estimate of drug-likeness (QED) is 0.410. The van der Waals surface area contributed by atoms with E-state index < -0.39 is 5.44 Å². The second-order valence-corrected chi connectivity index (χ2v) is 11.8. The lowest BCUT2D eigenvalue weighted by Gasteiger charge is -2.35. The highest BCUT2D eigenvalue weighted by atomic mass is 32.2. The van der Waals surface area contributed by atoms with Crippen molar-refractivity contribution in [2.45, 2.75) is 87.7 Å². The first-order valence-corrected chi connectivity index (χ1v) is 14.4. The summed E-state index contributed by atoms with van der Waals surface area (Å²) in [5.41, 5.74) is 0.943. The SMILES string of the molecule is COC(=O)C[C@@H]1CCCN(c2nc(C(C)C(O)SC3CCCC3)ccc2C(=O)N2CCCCC2)C1. The van der Waals surface area contributed by atoms with Crippen LogP contribution in [0.4, 0.5) is 5.82 Å². The maximum Gasteiger partial charge on any atom is 0.305 e. The van der Waals surface area contributed by atoms with E-state index in [0.29, 0.717) is 29.6 Å². The molecule has 0 radical (unpaired) electrons. The number of hydrogen-bond acceptors (Lipinski definition) is 7. The second kappa shape index (κ2) is 12.4. The Bertz CT molecular complexity index is 870. The van der Waals surface area contributed by atoms with E-state index in [-0.39, 0.29) is 23.7 Å². The van der Waals surface area contributed by atoms with Gasteiger partial charge in [-0.1, -0.05) is 19.8 Å². The van der Waals surface area contributed by atoms with Crippen LogP contribution in [0.1, 0.15) is 93.1 Å². The molecule has 0 spiro atoms. The van der Waals surface area contributed by atoms with Crippen molar-refractivity contribution < 1.29 is 19.4 Å². The van der Waals surface area contributed by atoms with E-state index >= 15 is 0 Å². The monoisotopic (exact) mass is 503 g/mol. The van der Waals surface area contributed by atoms with Crippen molar-refractivity contribution in [1.29, 1.82) is 0 Å². The van der Waals surface area contributed by atoms with E-state index in [1.54, 1.807) is 11.8 Å². The number of carbonyl (C=O) groups excluding carboxylic acids is 2. The van der Waals surface area contributed by atoms with Crippen LogP contribution in [0.25, 0.3) is 0 Å². The molecule has 35 heavy (non-hydrogen) atoms. The lowest BCUT2D eigenvalue weighted by Crippen LogP contribution is -2.40. The molecule has 0 bridgehead atoms. The Kier molecular flexibility index (Phi) is 9.34. The highest BCUT2D eigenvalue weighted by Gasteiger charge is 2.31. The van der Waals surface area contributed by atoms with E-state index in [1.165, 1.54) is 39.2 Å². The highest BCUT2D eigenvalue weighted by Crippen LogP contribution is 2.37. The van der Waals surface area contributed by atoms with E-state index in [1.807, 2.05) is 24.0 Å². The summed E-state index contributed by atoms with van der Waals surface area (Å²) >= 11 is 1.67. The molecule has 194 valence electrons. The number of methoxy groups -OCH3 is 1. The van der Waals surface area contributed by atoms with Crippen LogP contribution in [-0.4, -0.2) is 70.8 Å². The summed E-state index contributed by atoms with van der Waals surface area (Å²) in [5, 5.41) is 11.5. The number of pyridine rings is 1. The van der Waals surface area contributed by atoms with Crippen LogP contribution in [0.2, 0.25) is 0 Å². The number of ether oxygens (including phenoxy) is 1. The molecule has 8 heteroatoms. The first-order valence-electron chi connectivity index (χ1n) is 13.4. The van der Waals surface area contributed by atoms with Crippen LogP contribution < -0.4 is 4.90 Å². The zero-order valence-electron chi connectivity index (χ0n) is 21.3. The number of aliphatic hydroxyl groups excluding tert-OH is 1. The molecule has 1 N–H and O–H groups in total. The van der Waals surface area contributed by atoms with Crippen LogP contribution in [0.15, 0.2) is 12.1 Å². The Balaban J connectivity index is 1.58. The lowest BCUT2D eigenvalue weighted by molar-refractivity contribution is -0.141. The summed E-state index contributed by atoms with van der Waals surface area (Å²) < 4.78 is 4.90. The van der Waals surface area contributed by atoms with E-state index in [4.69, 9.17) is 9.72 Å². The number of anilines is 1. The number of amides is 1. The molecular formula is C27H41N3O4S. The summed E-state index contributed by atoms with van der Waals surface area (Å²) in [7, 11) is 1.43. The Hall–Kier alpha value is -1.80. The zero-order valence-corrected chi connectivity index (χ0v) is 22.1. The molecule has 3 fully saturated rings. The van der Waals surface area contributed by atoms with Crippen molar-refractivity contribution in [2.24, 2.45) is 5.92 Å². The molecule has 3 heterocycles. The molecule has 3 aliphatic rings. The third-order valence-electron chi connectivity index (χ3n) is 7.80. The van der Waals surface area contributed by atoms with E-state index in [2.05, 4.69) is 4.90 Å². The third kappa shape index (κ3) is 6.70. The number of piperidine rings is 2. The summed E-state index contributed by atoms with van der Waals surface area (Å²) in [6.45, 7) is 5.10. The van der Waals surface area contributed by atoms with E-state index in [0.717, 1.165) is 51.0 Å². The van der Waals surface area contributed by atoms with Gasteiger partial charge in [-0.25, -0.2) is 4.98 Å². The molecule has 1 aromatic heterocycles. The number of hydrogen-bond donors (Lipinski definition) is 1. The van der Waals surface area contributed by atoms with E-state index in [9.17, 15) is 14.7 Å². The van der Waals surface area contributed by atoms with Crippen molar-refractivity contribution in [3.05, 3.63) is 23.4 Å². The van der Waals surface area contributed by atoms with Crippen molar-refractivity contribution in [3.8, 4) is 0 Å². The molecule has 1 aromatic rings. The molecule has 7 nitrogen and oxygen atoms in total. The second-order valence-electron chi connectivity index (χ2n) is 10.4. The minimum absolute atomic E-state index is 0.0439. The van der Waals surface area contributed by atoms with Gasteiger partial charge in [0.05, 0.1) is 12.7 Å². The minimum Gasteiger partial charge on any atom is -0.469 e. The first kappa shape index (κ1) is 26.3. The van der Waals surface area contributed by atoms with Crippen molar-refractivity contribution in [1.82, 2.24) is 9.88 Å². The Labute approximate surface area is 214 Å². The maximum atomic E-state index is 13.5. The fraction of sp³-hybridized carbons (Fsp3) is 0.741. The van der Waals surface area contributed by atoms with Crippen LogP contribution >= 0.6 is 11.8 Å². The van der Waals surface area contributed by atoms with Gasteiger partial charge in [-0.05, 0) is 63.0 Å². The largest absolute Gasteiger partial charge is 0.469 e. The molecule has 2 unspecified atom stereocenters. The zero-order chi connectivity index (χ0) is 24.8. The summed E-state index contributed by atoms with van der Waals surface area (Å²) in [4.78, 5) is 34.6. The number of aromatic nitrogens is 1. The minimum atomic E-state index is -0.518. The molecule has 4 rings (SSSR count). The summed E-state index contributed by atoms with van der Waals surface area (Å²) in [6.07, 6.45) is 10.4. The molecule has 0 aromatic carbocycles. The summed E-state index contributed by atoms with van der Waals surface area (Å²) in [6, 6.07) is 3.85. The maximum absolute atomic E-state index is 13.5. The average molecular weight is 504 g/mol. The highest BCUT2D eigenvalue weighted by molar-refractivity contribution is 8.00. The number of rotatable bonds is 8. The van der Waals surface area contributed by atoms with Gasteiger partial charge >= 0.3 is 5.97 Å². The average Bonchev–Trinajstić information content (AvgIpc) is 3.41. The van der Waals surface area contributed by atoms with Crippen molar-refractivity contribution in [2.75, 3.05) is 38.2 Å². The van der Waals surface area contributed by atoms with Gasteiger partial charge in [0.2, 0.25) is 0 Å². The topological polar surface area (TPSA) is 83.0 Å². The Morgan fingerprint density at radius 2 is 1.83 bits per heavy atom. The smallest absolute Gasteiger partial charge is 0.305 e. The number of carbonyl (C=O) groups is 2. The van der Waals surface area contributed by atoms with Gasteiger partial charge in [-0.15, -0.1) is 11.8 Å². The van der Waals surface area contributed by atoms with Gasteiger partial charge in [0.15, 0.2) is 0 Å². The number of esters is 1. The standard InChI is InChI=1S/C27H41N3O4S/c1-19(27(33)35-21-10-4-5-11-21)23-13-12-22(26(32)29-14-6-3-7-15-29)25(28-23)30-16-8-9-20(18-30)17-24(31)34-2/h12-13,19-21,27,33H,3-11,14-18H2,1-2H3/t19?,20-,27?/m0/s1. The summed E-state index contributed by atoms with van der Waals surface area (Å²) in [5.74, 6) is 0.610. The Morgan fingerprint density at radius 3 is 2.54 bits per heavy atom. The van der Waals surface area contributed by atoms with Gasteiger partial charge in [-0.3, -0.25) is 9.59 Å². The third-order valence-corrected chi connectivity index (χ3v) is 9.34. The normalized spacial score (nSPS) is 23.2. The van der Waals surface area contributed by atoms with Gasteiger partial charge in [-0.2, -0.15) is 0 Å². The number of nitrogens with zero attached hydrogens (tertiary/aromatic N) is 3. The van der Waals surface area contributed by atoms with Gasteiger partial charge in [0, 0.05) is 49.5 Å². The van der Waals surface area contributed by atoms with Crippen molar-refractivity contribution in [3.63, 3.8) is 0 Å². The predicted molar refractivity (Wildman–Crippen MR) is 140 cm³/mol. The van der Waals surface area contributed by atoms with Gasteiger partial charge < -0.3 is 19.6 Å². The molecule has 2 aliphatic heterocycles. The molecule has 2 saturated heterocycles. The molecule has 3 atom stereocenters. The predicted octanol–water partition coefficient (Wildman–Crippen LogP) is 4.58. The number of thioether (sulfide) groups is 1. The Morgan fingerprint density at radius 1 is 1.09 bits per heavy atom. The molecule has 1 saturated carbocycles. The van der Waals surface area contributed by atoms with Crippen LogP contribution in [0.5, 0.6) is 0 Å². The number of likely N-dealkylation sites (tertiary alicyclic amines) is 1.